The molecule has 28 heavy (non-hydrogen) atoms. The summed E-state index contributed by atoms with van der Waals surface area (Å²) in [7, 11) is -3.43. The van der Waals surface area contributed by atoms with Crippen molar-refractivity contribution in [2.45, 2.75) is 19.8 Å². The second-order valence-electron chi connectivity index (χ2n) is 7.30. The first-order chi connectivity index (χ1) is 13.4. The molecule has 0 atom stereocenters. The van der Waals surface area contributed by atoms with E-state index in [4.69, 9.17) is 0 Å². The molecule has 146 valence electrons. The lowest BCUT2D eigenvalue weighted by Crippen LogP contribution is -2.49. The Kier molecular flexibility index (Phi) is 5.08. The van der Waals surface area contributed by atoms with Crippen LogP contribution in [0.25, 0.3) is 6.08 Å². The van der Waals surface area contributed by atoms with Crippen LogP contribution in [0.3, 0.4) is 0 Å². The summed E-state index contributed by atoms with van der Waals surface area (Å²) in [5.41, 5.74) is 3.93. The fourth-order valence-corrected chi connectivity index (χ4v) is 5.48. The summed E-state index contributed by atoms with van der Waals surface area (Å²) >= 11 is 0. The number of carbonyl (C=O) groups excluding carboxylic acids is 1. The van der Waals surface area contributed by atoms with Crippen LogP contribution in [0.1, 0.15) is 34.8 Å². The van der Waals surface area contributed by atoms with E-state index in [1.54, 1.807) is 11.2 Å². The van der Waals surface area contributed by atoms with Gasteiger partial charge in [0.2, 0.25) is 10.0 Å². The van der Waals surface area contributed by atoms with Crippen molar-refractivity contribution < 1.29 is 13.2 Å². The monoisotopic (exact) mass is 396 g/mol. The summed E-state index contributed by atoms with van der Waals surface area (Å²) in [6.45, 7) is 3.77. The number of Topliss-reactive ketones (excluding diaryl/α,β-unsaturated/α-hetero) is 1. The van der Waals surface area contributed by atoms with Gasteiger partial charge in [-0.05, 0) is 61.2 Å². The zero-order chi connectivity index (χ0) is 19.7. The highest BCUT2D eigenvalue weighted by Crippen LogP contribution is 2.29. The molecular weight excluding hydrogens is 372 g/mol. The average Bonchev–Trinajstić information content (AvgIpc) is 2.73. The van der Waals surface area contributed by atoms with Crippen LogP contribution >= 0.6 is 0 Å². The topological polar surface area (TPSA) is 57.7 Å². The van der Waals surface area contributed by atoms with E-state index < -0.39 is 10.0 Å². The van der Waals surface area contributed by atoms with Gasteiger partial charge in [-0.3, -0.25) is 4.79 Å². The quantitative estimate of drug-likeness (QED) is 0.744. The minimum absolute atomic E-state index is 0.0461. The molecule has 0 spiro atoms. The molecule has 6 heteroatoms. The first kappa shape index (κ1) is 18.9. The zero-order valence-electron chi connectivity index (χ0n) is 16.0. The lowest BCUT2D eigenvalue weighted by Gasteiger charge is -2.36. The molecule has 1 aliphatic carbocycles. The van der Waals surface area contributed by atoms with Gasteiger partial charge in [0.1, 0.15) is 0 Å². The summed E-state index contributed by atoms with van der Waals surface area (Å²) in [5, 5.41) is 0. The summed E-state index contributed by atoms with van der Waals surface area (Å²) in [5.74, 6) is 0.0461. The fraction of sp³-hybridized carbons (Fsp3) is 0.318. The fourth-order valence-electron chi connectivity index (χ4n) is 3.87. The van der Waals surface area contributed by atoms with Crippen LogP contribution in [0, 0.1) is 0 Å². The number of anilines is 1. The molecule has 0 radical (unpaired) electrons. The van der Waals surface area contributed by atoms with Crippen LogP contribution < -0.4 is 4.90 Å². The minimum Gasteiger partial charge on any atom is -0.369 e. The maximum atomic E-state index is 13.1. The van der Waals surface area contributed by atoms with Gasteiger partial charge in [0.15, 0.2) is 5.78 Å². The maximum Gasteiger partial charge on any atom is 0.239 e. The summed E-state index contributed by atoms with van der Waals surface area (Å²) in [4.78, 5) is 14.1. The highest BCUT2D eigenvalue weighted by atomic mass is 32.2. The number of sulfonamides is 1. The van der Waals surface area contributed by atoms with E-state index in [2.05, 4.69) is 11.0 Å². The first-order valence-electron chi connectivity index (χ1n) is 9.60. The molecule has 0 bridgehead atoms. The Morgan fingerprint density at radius 2 is 1.57 bits per heavy atom. The number of carbonyl (C=O) groups is 1. The smallest absolute Gasteiger partial charge is 0.239 e. The Morgan fingerprint density at radius 3 is 2.25 bits per heavy atom. The number of ketones is 1. The van der Waals surface area contributed by atoms with Gasteiger partial charge in [-0.25, -0.2) is 8.42 Å². The standard InChI is InChI=1S/C22H24N2O3S/c1-17(25)18-6-9-21(10-7-18)23-12-14-24(15-13-23)28(26,27)22-11-8-19-4-2-3-5-20(19)16-22/h2-7,9-10,16H,8,11-15H2,1H3. The third-order valence-electron chi connectivity index (χ3n) is 5.56. The number of piperazine rings is 1. The van der Waals surface area contributed by atoms with Gasteiger partial charge in [0.25, 0.3) is 0 Å². The number of hydrogen-bond donors (Lipinski definition) is 0. The van der Waals surface area contributed by atoms with Crippen LogP contribution in [0.2, 0.25) is 0 Å². The maximum absolute atomic E-state index is 13.1. The Hall–Kier alpha value is -2.44. The predicted octanol–water partition coefficient (Wildman–Crippen LogP) is 3.33. The third-order valence-corrected chi connectivity index (χ3v) is 7.59. The van der Waals surface area contributed by atoms with Gasteiger partial charge in [-0.15, -0.1) is 0 Å². The number of aryl methyl sites for hydroxylation is 1. The van der Waals surface area contributed by atoms with Crippen LogP contribution in [-0.2, 0) is 16.4 Å². The largest absolute Gasteiger partial charge is 0.369 e. The van der Waals surface area contributed by atoms with Crippen molar-refractivity contribution in [1.82, 2.24) is 4.31 Å². The lowest BCUT2D eigenvalue weighted by atomic mass is 9.98. The normalized spacial score (nSPS) is 17.8. The van der Waals surface area contributed by atoms with Crippen molar-refractivity contribution in [2.75, 3.05) is 31.1 Å². The highest BCUT2D eigenvalue weighted by Gasteiger charge is 2.31. The molecule has 1 fully saturated rings. The summed E-state index contributed by atoms with van der Waals surface area (Å²) in [6.07, 6.45) is 3.16. The van der Waals surface area contributed by atoms with Gasteiger partial charge in [0, 0.05) is 37.4 Å². The van der Waals surface area contributed by atoms with Gasteiger partial charge >= 0.3 is 0 Å². The number of rotatable bonds is 4. The summed E-state index contributed by atoms with van der Waals surface area (Å²) in [6, 6.07) is 15.5. The molecule has 0 amide bonds. The SMILES string of the molecule is CC(=O)c1ccc(N2CCN(S(=O)(=O)C3=Cc4ccccc4CC3)CC2)cc1. The van der Waals surface area contributed by atoms with Crippen LogP contribution in [0.5, 0.6) is 0 Å². The molecule has 0 saturated carbocycles. The van der Waals surface area contributed by atoms with E-state index in [0.717, 1.165) is 17.7 Å². The van der Waals surface area contributed by atoms with Gasteiger partial charge in [0.05, 0.1) is 4.91 Å². The van der Waals surface area contributed by atoms with E-state index in [1.807, 2.05) is 48.5 Å². The van der Waals surface area contributed by atoms with Crippen molar-refractivity contribution in [1.29, 1.82) is 0 Å². The number of benzene rings is 2. The zero-order valence-corrected chi connectivity index (χ0v) is 16.8. The van der Waals surface area contributed by atoms with Crippen LogP contribution in [0.15, 0.2) is 53.4 Å². The van der Waals surface area contributed by atoms with Gasteiger partial charge in [-0.2, -0.15) is 4.31 Å². The molecule has 1 saturated heterocycles. The van der Waals surface area contributed by atoms with E-state index in [0.29, 0.717) is 43.1 Å². The van der Waals surface area contributed by atoms with Gasteiger partial charge in [-0.1, -0.05) is 24.3 Å². The Balaban J connectivity index is 1.46. The highest BCUT2D eigenvalue weighted by molar-refractivity contribution is 7.93. The number of nitrogens with zero attached hydrogens (tertiary/aromatic N) is 2. The molecule has 5 nitrogen and oxygen atoms in total. The van der Waals surface area contributed by atoms with E-state index in [9.17, 15) is 13.2 Å². The molecule has 1 aliphatic heterocycles. The second kappa shape index (κ2) is 7.53. The summed E-state index contributed by atoms with van der Waals surface area (Å²) < 4.78 is 27.8. The van der Waals surface area contributed by atoms with Crippen molar-refractivity contribution >= 4 is 27.6 Å². The first-order valence-corrected chi connectivity index (χ1v) is 11.0. The van der Waals surface area contributed by atoms with Crippen molar-refractivity contribution in [2.24, 2.45) is 0 Å². The van der Waals surface area contributed by atoms with Crippen molar-refractivity contribution in [3.63, 3.8) is 0 Å². The minimum atomic E-state index is -3.43. The molecule has 2 aromatic rings. The second-order valence-corrected chi connectivity index (χ2v) is 9.29. The molecule has 2 aliphatic rings. The van der Waals surface area contributed by atoms with Crippen molar-refractivity contribution in [3.8, 4) is 0 Å². The molecule has 4 rings (SSSR count). The molecule has 0 N–H and O–H groups in total. The number of hydrogen-bond acceptors (Lipinski definition) is 4. The average molecular weight is 397 g/mol. The predicted molar refractivity (Wildman–Crippen MR) is 112 cm³/mol. The van der Waals surface area contributed by atoms with Gasteiger partial charge < -0.3 is 4.90 Å². The molecule has 0 unspecified atom stereocenters. The van der Waals surface area contributed by atoms with Crippen molar-refractivity contribution in [3.05, 3.63) is 70.1 Å². The van der Waals surface area contributed by atoms with E-state index in [-0.39, 0.29) is 5.78 Å². The Morgan fingerprint density at radius 1 is 0.893 bits per heavy atom. The molecule has 0 aromatic heterocycles. The molecular formula is C22H24N2O3S. The Labute approximate surface area is 166 Å². The Bertz CT molecular complexity index is 1020. The number of fused-ring (bicyclic) bond motifs is 1. The molecule has 2 aromatic carbocycles. The van der Waals surface area contributed by atoms with E-state index >= 15 is 0 Å². The number of allylic oxidation sites excluding steroid dienone is 1. The van der Waals surface area contributed by atoms with Crippen LogP contribution in [0.4, 0.5) is 5.69 Å². The third kappa shape index (κ3) is 3.62. The van der Waals surface area contributed by atoms with E-state index in [1.165, 1.54) is 5.56 Å². The lowest BCUT2D eigenvalue weighted by molar-refractivity contribution is 0.101. The van der Waals surface area contributed by atoms with Crippen LogP contribution in [-0.4, -0.2) is 44.7 Å². The molecule has 1 heterocycles.